The van der Waals surface area contributed by atoms with Crippen LogP contribution < -0.4 is 14.8 Å². The minimum absolute atomic E-state index is 0.0806. The molecule has 0 spiro atoms. The van der Waals surface area contributed by atoms with Crippen molar-refractivity contribution >= 4 is 28.7 Å². The summed E-state index contributed by atoms with van der Waals surface area (Å²) >= 11 is 0. The molecule has 2 saturated carbocycles. The summed E-state index contributed by atoms with van der Waals surface area (Å²) in [5, 5.41) is 3.02. The maximum absolute atomic E-state index is 14.0. The lowest BCUT2D eigenvalue weighted by Gasteiger charge is -2.41. The quantitative estimate of drug-likeness (QED) is 0.316. The van der Waals surface area contributed by atoms with Crippen LogP contribution in [0.2, 0.25) is 0 Å². The number of aromatic nitrogens is 5. The van der Waals surface area contributed by atoms with Gasteiger partial charge in [0.15, 0.2) is 0 Å². The Labute approximate surface area is 245 Å². The Morgan fingerprint density at radius 3 is 2.57 bits per heavy atom. The molecule has 0 saturated heterocycles. The fourth-order valence-corrected chi connectivity index (χ4v) is 6.20. The lowest BCUT2D eigenvalue weighted by Crippen LogP contribution is -2.48. The summed E-state index contributed by atoms with van der Waals surface area (Å²) in [6.07, 6.45) is 7.44. The molecule has 3 aromatic heterocycles. The number of carbonyl (C=O) groups is 1. The van der Waals surface area contributed by atoms with E-state index < -0.39 is 22.8 Å². The van der Waals surface area contributed by atoms with Gasteiger partial charge in [-0.05, 0) is 70.7 Å². The molecule has 11 nitrogen and oxygen atoms in total. The molecule has 1 unspecified atom stereocenters. The van der Waals surface area contributed by atoms with E-state index in [0.717, 1.165) is 12.8 Å². The fraction of sp³-hybridized carbons (Fsp3) is 0.500. The molecule has 1 amide bonds. The highest BCUT2D eigenvalue weighted by Gasteiger charge is 2.46. The summed E-state index contributed by atoms with van der Waals surface area (Å²) in [5.74, 6) is 0.642. The van der Waals surface area contributed by atoms with Crippen molar-refractivity contribution in [2.24, 2.45) is 0 Å². The molecule has 0 radical (unpaired) electrons. The van der Waals surface area contributed by atoms with E-state index in [2.05, 4.69) is 35.0 Å². The smallest absolute Gasteiger partial charge is 0.251 e. The maximum atomic E-state index is 14.0. The minimum atomic E-state index is -2.44. The summed E-state index contributed by atoms with van der Waals surface area (Å²) in [6.45, 7) is 2.00. The Bertz CT molecular complexity index is 1400. The summed E-state index contributed by atoms with van der Waals surface area (Å²) < 4.78 is 46.9. The van der Waals surface area contributed by atoms with Crippen LogP contribution in [0, 0.1) is 0 Å². The molecule has 42 heavy (non-hydrogen) atoms. The van der Waals surface area contributed by atoms with Crippen molar-refractivity contribution in [2.75, 3.05) is 30.2 Å². The van der Waals surface area contributed by atoms with Gasteiger partial charge in [0, 0.05) is 24.0 Å². The molecular weight excluding hydrogens is 566 g/mol. The molecule has 0 aliphatic heterocycles. The van der Waals surface area contributed by atoms with E-state index in [9.17, 15) is 17.8 Å². The normalized spacial score (nSPS) is 21.2. The van der Waals surface area contributed by atoms with Crippen LogP contribution in [-0.4, -0.2) is 77.9 Å². The first-order valence-corrected chi connectivity index (χ1v) is 15.2. The number of pyridine rings is 1. The van der Waals surface area contributed by atoms with Gasteiger partial charge in [0.05, 0.1) is 47.6 Å². The summed E-state index contributed by atoms with van der Waals surface area (Å²) in [4.78, 5) is 37.5. The number of nitrogens with zero attached hydrogens (tertiary/aromatic N) is 6. The average molecular weight is 601 g/mol. The third-order valence-corrected chi connectivity index (χ3v) is 9.12. The van der Waals surface area contributed by atoms with Crippen molar-refractivity contribution in [1.29, 1.82) is 0 Å². The summed E-state index contributed by atoms with van der Waals surface area (Å²) in [6, 6.07) is 5.07. The van der Waals surface area contributed by atoms with Gasteiger partial charge < -0.3 is 10.1 Å². The molecule has 2 fully saturated rings. The predicted octanol–water partition coefficient (Wildman–Crippen LogP) is 3.98. The lowest BCUT2D eigenvalue weighted by molar-refractivity contribution is -0.123. The van der Waals surface area contributed by atoms with Gasteiger partial charge in [-0.3, -0.25) is 19.4 Å². The third kappa shape index (κ3) is 7.04. The zero-order chi connectivity index (χ0) is 29.7. The van der Waals surface area contributed by atoms with Crippen molar-refractivity contribution < 1.29 is 22.5 Å². The van der Waals surface area contributed by atoms with Crippen molar-refractivity contribution in [1.82, 2.24) is 29.8 Å². The first kappa shape index (κ1) is 29.8. The maximum Gasteiger partial charge on any atom is 0.251 e. The van der Waals surface area contributed by atoms with Crippen LogP contribution >= 0.6 is 0 Å². The highest BCUT2D eigenvalue weighted by Crippen LogP contribution is 2.41. The number of hydrogen-bond donors (Lipinski definition) is 2. The van der Waals surface area contributed by atoms with E-state index in [1.165, 1.54) is 6.20 Å². The van der Waals surface area contributed by atoms with Gasteiger partial charge in [-0.15, -0.1) is 0 Å². The molecule has 0 aromatic carbocycles. The number of hydrogen-bond acceptors (Lipinski definition) is 9. The first-order valence-electron chi connectivity index (χ1n) is 14.0. The van der Waals surface area contributed by atoms with E-state index in [1.807, 2.05) is 6.92 Å². The minimum Gasteiger partial charge on any atom is -0.477 e. The molecule has 224 valence electrons. The van der Waals surface area contributed by atoms with Crippen molar-refractivity contribution in [2.45, 2.75) is 68.6 Å². The Kier molecular flexibility index (Phi) is 9.31. The molecule has 2 aliphatic rings. The predicted molar refractivity (Wildman–Crippen MR) is 154 cm³/mol. The monoisotopic (exact) mass is 600 g/mol. The fourth-order valence-electron chi connectivity index (χ4n) is 5.19. The third-order valence-electron chi connectivity index (χ3n) is 7.66. The lowest BCUT2D eigenvalue weighted by atomic mass is 9.69. The Morgan fingerprint density at radius 2 is 1.90 bits per heavy atom. The molecular formula is C28H34F2N8O3S. The number of halogens is 2. The zero-order valence-electron chi connectivity index (χ0n) is 23.5. The number of anilines is 2. The topological polar surface area (TPSA) is 135 Å². The van der Waals surface area contributed by atoms with Crippen LogP contribution in [0.5, 0.6) is 5.88 Å². The number of alkyl halides is 2. The molecule has 0 bridgehead atoms. The highest BCUT2D eigenvalue weighted by molar-refractivity contribution is 7.87. The van der Waals surface area contributed by atoms with Crippen LogP contribution in [0.3, 0.4) is 0 Å². The summed E-state index contributed by atoms with van der Waals surface area (Å²) in [5.41, 5.74) is 0.716. The second-order valence-corrected chi connectivity index (χ2v) is 12.0. The van der Waals surface area contributed by atoms with Crippen LogP contribution in [0.4, 0.5) is 20.5 Å². The Hall–Kier alpha value is -3.65. The van der Waals surface area contributed by atoms with Crippen LogP contribution in [0.1, 0.15) is 51.1 Å². The standard InChI is InChI=1S/C28H34F2N8O3S/c1-3-41-25-16-31-15-21(34-25)18-4-7-24(33-14-18)36-26(39)28(11-8-19(9-12-28)38(2)17-23(29)30)22-10-13-32-27(35-22)37-42(40)20-5-6-20/h4,7,10,13-16,19-20,23H,3,5-6,8-9,11-12,17H2,1-2H3,(H,32,35,37)(H,33,36,39). The molecule has 3 heterocycles. The summed E-state index contributed by atoms with van der Waals surface area (Å²) in [7, 11) is 0.384. The SMILES string of the molecule is CCOc1cncc(-c2ccc(NC(=O)C3(c4ccnc(NS(=O)C5CC5)n4)CCC(N(C)CC(F)F)CC3)nc2)n1. The molecule has 2 aliphatic carbocycles. The number of amides is 1. The van der Waals surface area contributed by atoms with Crippen LogP contribution in [-0.2, 0) is 21.2 Å². The van der Waals surface area contributed by atoms with Crippen molar-refractivity contribution in [3.8, 4) is 17.1 Å². The van der Waals surface area contributed by atoms with E-state index in [0.29, 0.717) is 60.9 Å². The average Bonchev–Trinajstić information content (AvgIpc) is 3.84. The second kappa shape index (κ2) is 13.1. The molecule has 1 atom stereocenters. The zero-order valence-corrected chi connectivity index (χ0v) is 24.3. The Balaban J connectivity index is 1.37. The largest absolute Gasteiger partial charge is 0.477 e. The van der Waals surface area contributed by atoms with E-state index in [1.54, 1.807) is 48.7 Å². The van der Waals surface area contributed by atoms with Gasteiger partial charge in [-0.1, -0.05) is 0 Å². The van der Waals surface area contributed by atoms with Gasteiger partial charge in [-0.2, -0.15) is 0 Å². The number of carbonyl (C=O) groups excluding carboxylic acids is 1. The van der Waals surface area contributed by atoms with Gasteiger partial charge in [-0.25, -0.2) is 32.9 Å². The number of ether oxygens (including phenoxy) is 1. The van der Waals surface area contributed by atoms with Crippen LogP contribution in [0.15, 0.2) is 43.0 Å². The van der Waals surface area contributed by atoms with Gasteiger partial charge in [0.2, 0.25) is 17.7 Å². The van der Waals surface area contributed by atoms with Gasteiger partial charge >= 0.3 is 0 Å². The van der Waals surface area contributed by atoms with Crippen molar-refractivity contribution in [3.63, 3.8) is 0 Å². The highest BCUT2D eigenvalue weighted by atomic mass is 32.2. The van der Waals surface area contributed by atoms with E-state index in [-0.39, 0.29) is 29.7 Å². The molecule has 14 heteroatoms. The molecule has 5 rings (SSSR count). The van der Waals surface area contributed by atoms with E-state index >= 15 is 0 Å². The van der Waals surface area contributed by atoms with E-state index in [4.69, 9.17) is 4.74 Å². The number of rotatable bonds is 12. The van der Waals surface area contributed by atoms with Crippen molar-refractivity contribution in [3.05, 3.63) is 48.7 Å². The molecule has 3 aromatic rings. The first-order chi connectivity index (χ1) is 20.3. The molecule has 2 N–H and O–H groups in total. The van der Waals surface area contributed by atoms with Crippen LogP contribution in [0.25, 0.3) is 11.3 Å². The Morgan fingerprint density at radius 1 is 1.12 bits per heavy atom. The van der Waals surface area contributed by atoms with Gasteiger partial charge in [0.1, 0.15) is 16.8 Å². The van der Waals surface area contributed by atoms with Gasteiger partial charge in [0.25, 0.3) is 6.43 Å². The second-order valence-electron chi connectivity index (χ2n) is 10.6. The number of nitrogens with one attached hydrogen (secondary N) is 2.